The normalized spacial score (nSPS) is 10.6. The number of carbonyl (C=O) groups is 1. The van der Waals surface area contributed by atoms with Crippen LogP contribution in [0.5, 0.6) is 0 Å². The Balaban J connectivity index is 2.30. The van der Waals surface area contributed by atoms with E-state index in [-0.39, 0.29) is 24.1 Å². The van der Waals surface area contributed by atoms with Crippen molar-refractivity contribution in [1.29, 1.82) is 0 Å². The molecule has 0 aliphatic carbocycles. The van der Waals surface area contributed by atoms with E-state index in [0.717, 1.165) is 11.1 Å². The summed E-state index contributed by atoms with van der Waals surface area (Å²) in [4.78, 5) is 10.9. The van der Waals surface area contributed by atoms with Gasteiger partial charge in [-0.1, -0.05) is 24.3 Å². The molecule has 0 unspecified atom stereocenters. The van der Waals surface area contributed by atoms with E-state index < -0.39 is 6.03 Å². The summed E-state index contributed by atoms with van der Waals surface area (Å²) < 4.78 is 26.0. The second-order valence-electron chi connectivity index (χ2n) is 4.40. The molecule has 0 fully saturated rings. The van der Waals surface area contributed by atoms with Crippen LogP contribution in [0.15, 0.2) is 48.5 Å². The lowest BCUT2D eigenvalue weighted by Crippen LogP contribution is -2.33. The number of urea groups is 1. The maximum absolute atomic E-state index is 13.0. The van der Waals surface area contributed by atoms with Crippen LogP contribution in [0.1, 0.15) is 17.0 Å². The third-order valence-electron chi connectivity index (χ3n) is 3.03. The van der Waals surface area contributed by atoms with E-state index in [1.54, 1.807) is 24.3 Å². The van der Waals surface area contributed by atoms with Crippen LogP contribution < -0.4 is 11.1 Å². The molecule has 0 saturated carbocycles. The van der Waals surface area contributed by atoms with Gasteiger partial charge >= 0.3 is 6.03 Å². The number of amides is 2. The fourth-order valence-electron chi connectivity index (χ4n) is 2.02. The van der Waals surface area contributed by atoms with Crippen molar-refractivity contribution in [3.8, 4) is 0 Å². The molecule has 0 aliphatic rings. The van der Waals surface area contributed by atoms with Crippen LogP contribution in [0.4, 0.5) is 13.6 Å². The highest BCUT2D eigenvalue weighted by molar-refractivity contribution is 5.71. The molecule has 2 aromatic rings. The zero-order chi connectivity index (χ0) is 14.5. The van der Waals surface area contributed by atoms with Crippen LogP contribution in [-0.4, -0.2) is 12.6 Å². The van der Waals surface area contributed by atoms with Gasteiger partial charge in [-0.15, -0.1) is 0 Å². The Morgan fingerprint density at radius 3 is 1.70 bits per heavy atom. The second-order valence-corrected chi connectivity index (χ2v) is 4.40. The van der Waals surface area contributed by atoms with Gasteiger partial charge in [-0.2, -0.15) is 0 Å². The maximum atomic E-state index is 13.0. The molecule has 20 heavy (non-hydrogen) atoms. The lowest BCUT2D eigenvalue weighted by Gasteiger charge is -2.18. The molecule has 0 atom stereocenters. The van der Waals surface area contributed by atoms with Crippen LogP contribution in [0.2, 0.25) is 0 Å². The van der Waals surface area contributed by atoms with Gasteiger partial charge in [-0.3, -0.25) is 0 Å². The summed E-state index contributed by atoms with van der Waals surface area (Å²) in [5.41, 5.74) is 6.70. The molecular weight excluding hydrogens is 262 g/mol. The largest absolute Gasteiger partial charge is 0.352 e. The lowest BCUT2D eigenvalue weighted by atomic mass is 9.91. The third kappa shape index (κ3) is 3.54. The van der Waals surface area contributed by atoms with Crippen molar-refractivity contribution in [2.75, 3.05) is 6.54 Å². The van der Waals surface area contributed by atoms with Gasteiger partial charge in [0.1, 0.15) is 11.6 Å². The number of primary amides is 1. The fraction of sp³-hybridized carbons (Fsp3) is 0.133. The van der Waals surface area contributed by atoms with Crippen molar-refractivity contribution in [2.45, 2.75) is 5.92 Å². The number of hydrogen-bond acceptors (Lipinski definition) is 1. The number of nitrogens with one attached hydrogen (secondary N) is 1. The predicted molar refractivity (Wildman–Crippen MR) is 72.2 cm³/mol. The first kappa shape index (κ1) is 14.0. The number of hydrogen-bond donors (Lipinski definition) is 2. The standard InChI is InChI=1S/C15H14F2N2O/c16-12-5-1-10(2-6-12)14(9-19-15(18)20)11-3-7-13(17)8-4-11/h1-8,14H,9H2,(H3,18,19,20). The van der Waals surface area contributed by atoms with Crippen LogP contribution in [0, 0.1) is 11.6 Å². The minimum Gasteiger partial charge on any atom is -0.352 e. The second kappa shape index (κ2) is 6.14. The summed E-state index contributed by atoms with van der Waals surface area (Å²) in [5.74, 6) is -0.896. The summed E-state index contributed by atoms with van der Waals surface area (Å²) in [6, 6.07) is 11.3. The van der Waals surface area contributed by atoms with Gasteiger partial charge in [0.2, 0.25) is 0 Å². The molecule has 3 nitrogen and oxygen atoms in total. The number of benzene rings is 2. The first-order valence-corrected chi connectivity index (χ1v) is 6.10. The summed E-state index contributed by atoms with van der Waals surface area (Å²) in [7, 11) is 0. The van der Waals surface area contributed by atoms with E-state index >= 15 is 0 Å². The molecule has 5 heteroatoms. The molecule has 104 valence electrons. The zero-order valence-electron chi connectivity index (χ0n) is 10.6. The molecule has 0 spiro atoms. The van der Waals surface area contributed by atoms with Crippen molar-refractivity contribution < 1.29 is 13.6 Å². The average Bonchev–Trinajstić information content (AvgIpc) is 2.42. The Bertz CT molecular complexity index is 536. The smallest absolute Gasteiger partial charge is 0.312 e. The minimum absolute atomic E-state index is 0.219. The highest BCUT2D eigenvalue weighted by atomic mass is 19.1. The maximum Gasteiger partial charge on any atom is 0.312 e. The fourth-order valence-corrected chi connectivity index (χ4v) is 2.02. The van der Waals surface area contributed by atoms with Crippen molar-refractivity contribution in [1.82, 2.24) is 5.32 Å². The van der Waals surface area contributed by atoms with E-state index in [1.165, 1.54) is 24.3 Å². The van der Waals surface area contributed by atoms with Crippen LogP contribution in [0.3, 0.4) is 0 Å². The summed E-state index contributed by atoms with van der Waals surface area (Å²) >= 11 is 0. The molecule has 0 aliphatic heterocycles. The highest BCUT2D eigenvalue weighted by Crippen LogP contribution is 2.24. The molecule has 0 aromatic heterocycles. The summed E-state index contributed by atoms with van der Waals surface area (Å²) in [6.07, 6.45) is 0. The van der Waals surface area contributed by atoms with Crippen molar-refractivity contribution in [3.05, 3.63) is 71.3 Å². The Morgan fingerprint density at radius 1 is 0.950 bits per heavy atom. The predicted octanol–water partition coefficient (Wildman–Crippen LogP) is 2.77. The highest BCUT2D eigenvalue weighted by Gasteiger charge is 2.15. The molecule has 2 amide bonds. The van der Waals surface area contributed by atoms with Crippen LogP contribution >= 0.6 is 0 Å². The number of rotatable bonds is 4. The van der Waals surface area contributed by atoms with E-state index in [2.05, 4.69) is 5.32 Å². The monoisotopic (exact) mass is 276 g/mol. The average molecular weight is 276 g/mol. The van der Waals surface area contributed by atoms with Gasteiger partial charge in [0.15, 0.2) is 0 Å². The van der Waals surface area contributed by atoms with Gasteiger partial charge in [0.05, 0.1) is 0 Å². The van der Waals surface area contributed by atoms with Gasteiger partial charge < -0.3 is 11.1 Å². The third-order valence-corrected chi connectivity index (χ3v) is 3.03. The van der Waals surface area contributed by atoms with Crippen molar-refractivity contribution >= 4 is 6.03 Å². The zero-order valence-corrected chi connectivity index (χ0v) is 10.6. The molecule has 0 bridgehead atoms. The van der Waals surface area contributed by atoms with Gasteiger partial charge in [-0.25, -0.2) is 13.6 Å². The molecule has 2 aromatic carbocycles. The minimum atomic E-state index is -0.640. The van der Waals surface area contributed by atoms with Gasteiger partial charge in [-0.05, 0) is 35.4 Å². The van der Waals surface area contributed by atoms with E-state index in [0.29, 0.717) is 0 Å². The molecule has 0 saturated heterocycles. The van der Waals surface area contributed by atoms with E-state index in [1.807, 2.05) is 0 Å². The van der Waals surface area contributed by atoms with Crippen LogP contribution in [0.25, 0.3) is 0 Å². The van der Waals surface area contributed by atoms with Crippen molar-refractivity contribution in [3.63, 3.8) is 0 Å². The molecule has 3 N–H and O–H groups in total. The molecule has 2 rings (SSSR count). The first-order chi connectivity index (χ1) is 9.56. The van der Waals surface area contributed by atoms with E-state index in [9.17, 15) is 13.6 Å². The summed E-state index contributed by atoms with van der Waals surface area (Å²) in [6.45, 7) is 0.257. The number of carbonyl (C=O) groups excluding carboxylic acids is 1. The topological polar surface area (TPSA) is 55.1 Å². The van der Waals surface area contributed by atoms with Gasteiger partial charge in [0, 0.05) is 12.5 Å². The molecule has 0 radical (unpaired) electrons. The number of nitrogens with two attached hydrogens (primary N) is 1. The summed E-state index contributed by atoms with van der Waals surface area (Å²) in [5, 5.41) is 2.52. The van der Waals surface area contributed by atoms with E-state index in [4.69, 9.17) is 5.73 Å². The van der Waals surface area contributed by atoms with Crippen LogP contribution in [-0.2, 0) is 0 Å². The Morgan fingerprint density at radius 2 is 1.35 bits per heavy atom. The SMILES string of the molecule is NC(=O)NCC(c1ccc(F)cc1)c1ccc(F)cc1. The Kier molecular flexibility index (Phi) is 4.30. The molecule has 0 heterocycles. The lowest BCUT2D eigenvalue weighted by molar-refractivity contribution is 0.248. The van der Waals surface area contributed by atoms with Crippen molar-refractivity contribution in [2.24, 2.45) is 5.73 Å². The Hall–Kier alpha value is -2.43. The molecular formula is C15H14F2N2O. The number of halogens is 2. The first-order valence-electron chi connectivity index (χ1n) is 6.10. The quantitative estimate of drug-likeness (QED) is 0.886. The Labute approximate surface area is 115 Å². The van der Waals surface area contributed by atoms with Gasteiger partial charge in [0.25, 0.3) is 0 Å².